The van der Waals surface area contributed by atoms with Gasteiger partial charge in [-0.1, -0.05) is 23.8 Å². The number of amides is 2. The number of hydrogen-bond acceptors (Lipinski definition) is 6. The van der Waals surface area contributed by atoms with E-state index in [1.807, 2.05) is 31.2 Å². The fourth-order valence-corrected chi connectivity index (χ4v) is 4.22. The molecule has 3 aromatic rings. The van der Waals surface area contributed by atoms with E-state index in [1.54, 1.807) is 12.1 Å². The molecule has 162 valence electrons. The number of hydrogen-bond donors (Lipinski definition) is 3. The minimum atomic E-state index is -3.85. The molecule has 0 saturated heterocycles. The summed E-state index contributed by atoms with van der Waals surface area (Å²) < 4.78 is 32.4. The number of benzene rings is 2. The van der Waals surface area contributed by atoms with Gasteiger partial charge in [0.05, 0.1) is 23.5 Å². The first-order valence-electron chi connectivity index (χ1n) is 9.24. The Bertz CT molecular complexity index is 1140. The second kappa shape index (κ2) is 10.3. The Labute approximate surface area is 184 Å². The highest BCUT2D eigenvalue weighted by Crippen LogP contribution is 2.17. The van der Waals surface area contributed by atoms with Crippen LogP contribution < -0.4 is 15.6 Å². The lowest BCUT2D eigenvalue weighted by Gasteiger charge is -2.09. The maximum absolute atomic E-state index is 12.5. The van der Waals surface area contributed by atoms with Gasteiger partial charge in [0.25, 0.3) is 5.91 Å². The summed E-state index contributed by atoms with van der Waals surface area (Å²) in [6.45, 7) is 1.96. The van der Waals surface area contributed by atoms with Crippen molar-refractivity contribution in [2.45, 2.75) is 23.3 Å². The van der Waals surface area contributed by atoms with E-state index < -0.39 is 15.9 Å². The molecule has 0 fully saturated rings. The molecule has 0 bridgehead atoms. The quantitative estimate of drug-likeness (QED) is 0.352. The summed E-state index contributed by atoms with van der Waals surface area (Å²) in [5, 5.41) is 0. The number of nitrogens with one attached hydrogen (secondary N) is 3. The molecule has 0 aliphatic carbocycles. The van der Waals surface area contributed by atoms with Crippen LogP contribution in [0, 0.1) is 6.92 Å². The number of thioether (sulfide) groups is 1. The third-order valence-electron chi connectivity index (χ3n) is 4.13. The average molecular weight is 460 g/mol. The van der Waals surface area contributed by atoms with Gasteiger partial charge in [0.2, 0.25) is 15.9 Å². The molecule has 3 rings (SSSR count). The molecule has 1 heterocycles. The Morgan fingerprint density at radius 1 is 1.00 bits per heavy atom. The molecule has 0 aliphatic rings. The molecular weight excluding hydrogens is 438 g/mol. The number of hydrazine groups is 1. The minimum Gasteiger partial charge on any atom is -0.468 e. The number of aryl methyl sites for hydroxylation is 1. The van der Waals surface area contributed by atoms with Crippen molar-refractivity contribution in [3.8, 4) is 0 Å². The van der Waals surface area contributed by atoms with Crippen LogP contribution in [0.5, 0.6) is 0 Å². The summed E-state index contributed by atoms with van der Waals surface area (Å²) in [5.41, 5.74) is 5.84. The van der Waals surface area contributed by atoms with E-state index >= 15 is 0 Å². The zero-order valence-corrected chi connectivity index (χ0v) is 18.3. The molecule has 0 aliphatic heterocycles. The first kappa shape index (κ1) is 22.6. The number of rotatable bonds is 8. The topological polar surface area (TPSA) is 118 Å². The van der Waals surface area contributed by atoms with Crippen LogP contribution >= 0.6 is 11.8 Å². The van der Waals surface area contributed by atoms with Gasteiger partial charge in [-0.3, -0.25) is 20.4 Å². The van der Waals surface area contributed by atoms with Gasteiger partial charge in [-0.2, -0.15) is 0 Å². The van der Waals surface area contributed by atoms with E-state index in [0.29, 0.717) is 5.76 Å². The SMILES string of the molecule is Cc1ccc(SCC(=O)NNC(=O)c2cccc(S(=O)(=O)NCc3ccco3)c2)cc1. The molecule has 3 N–H and O–H groups in total. The summed E-state index contributed by atoms with van der Waals surface area (Å²) in [5.74, 6) is -0.433. The van der Waals surface area contributed by atoms with Crippen molar-refractivity contribution in [2.24, 2.45) is 0 Å². The monoisotopic (exact) mass is 459 g/mol. The van der Waals surface area contributed by atoms with E-state index in [4.69, 9.17) is 4.42 Å². The number of sulfonamides is 1. The summed E-state index contributed by atoms with van der Waals surface area (Å²) in [4.78, 5) is 25.2. The predicted molar refractivity (Wildman–Crippen MR) is 117 cm³/mol. The van der Waals surface area contributed by atoms with Crippen LogP contribution in [0.1, 0.15) is 21.7 Å². The Morgan fingerprint density at radius 3 is 2.48 bits per heavy atom. The smallest absolute Gasteiger partial charge is 0.269 e. The fourth-order valence-electron chi connectivity index (χ4n) is 2.49. The van der Waals surface area contributed by atoms with Crippen LogP contribution in [0.15, 0.2) is 81.1 Å². The van der Waals surface area contributed by atoms with Gasteiger partial charge in [0.15, 0.2) is 0 Å². The van der Waals surface area contributed by atoms with Gasteiger partial charge in [-0.05, 0) is 49.4 Å². The maximum Gasteiger partial charge on any atom is 0.269 e. The van der Waals surface area contributed by atoms with Crippen molar-refractivity contribution in [3.63, 3.8) is 0 Å². The lowest BCUT2D eigenvalue weighted by molar-refractivity contribution is -0.119. The van der Waals surface area contributed by atoms with Crippen LogP contribution in [0.2, 0.25) is 0 Å². The third-order valence-corrected chi connectivity index (χ3v) is 6.54. The highest BCUT2D eigenvalue weighted by molar-refractivity contribution is 8.00. The molecule has 0 unspecified atom stereocenters. The van der Waals surface area contributed by atoms with Gasteiger partial charge < -0.3 is 4.42 Å². The fraction of sp³-hybridized carbons (Fsp3) is 0.143. The first-order chi connectivity index (χ1) is 14.8. The van der Waals surface area contributed by atoms with Gasteiger partial charge in [0.1, 0.15) is 5.76 Å². The van der Waals surface area contributed by atoms with E-state index in [2.05, 4.69) is 15.6 Å². The molecule has 2 aromatic carbocycles. The van der Waals surface area contributed by atoms with Crippen molar-refractivity contribution >= 4 is 33.6 Å². The lowest BCUT2D eigenvalue weighted by Crippen LogP contribution is -2.42. The van der Waals surface area contributed by atoms with Crippen molar-refractivity contribution in [3.05, 3.63) is 83.8 Å². The highest BCUT2D eigenvalue weighted by Gasteiger charge is 2.17. The van der Waals surface area contributed by atoms with Crippen molar-refractivity contribution in [2.75, 3.05) is 5.75 Å². The minimum absolute atomic E-state index is 0.0134. The van der Waals surface area contributed by atoms with Crippen molar-refractivity contribution in [1.82, 2.24) is 15.6 Å². The molecule has 1 aromatic heterocycles. The van der Waals surface area contributed by atoms with Crippen LogP contribution in [-0.4, -0.2) is 26.0 Å². The number of carbonyl (C=O) groups is 2. The Hall–Kier alpha value is -3.08. The Morgan fingerprint density at radius 2 is 1.77 bits per heavy atom. The van der Waals surface area contributed by atoms with E-state index in [1.165, 1.54) is 42.3 Å². The largest absolute Gasteiger partial charge is 0.468 e. The van der Waals surface area contributed by atoms with Crippen LogP contribution in [-0.2, 0) is 21.4 Å². The second-order valence-electron chi connectivity index (χ2n) is 6.54. The molecular formula is C21H21N3O5S2. The number of furan rings is 1. The Balaban J connectivity index is 1.53. The van der Waals surface area contributed by atoms with Gasteiger partial charge in [-0.25, -0.2) is 13.1 Å². The average Bonchev–Trinajstić information content (AvgIpc) is 3.30. The Kier molecular flexibility index (Phi) is 7.50. The standard InChI is InChI=1S/C21H21N3O5S2/c1-15-7-9-18(10-8-15)30-14-20(25)23-24-21(26)16-4-2-6-19(12-16)31(27,28)22-13-17-5-3-11-29-17/h2-12,22H,13-14H2,1H3,(H,23,25)(H,24,26). The summed E-state index contributed by atoms with van der Waals surface area (Å²) in [6, 6.07) is 16.5. The third kappa shape index (κ3) is 6.71. The molecule has 0 saturated carbocycles. The zero-order chi connectivity index (χ0) is 22.3. The van der Waals surface area contributed by atoms with Crippen LogP contribution in [0.3, 0.4) is 0 Å². The van der Waals surface area contributed by atoms with E-state index in [9.17, 15) is 18.0 Å². The van der Waals surface area contributed by atoms with Gasteiger partial charge >= 0.3 is 0 Å². The summed E-state index contributed by atoms with van der Waals surface area (Å²) in [7, 11) is -3.85. The zero-order valence-electron chi connectivity index (χ0n) is 16.6. The van der Waals surface area contributed by atoms with Crippen molar-refractivity contribution < 1.29 is 22.4 Å². The summed E-state index contributed by atoms with van der Waals surface area (Å²) >= 11 is 1.34. The van der Waals surface area contributed by atoms with Crippen molar-refractivity contribution in [1.29, 1.82) is 0 Å². The van der Waals surface area contributed by atoms with E-state index in [-0.39, 0.29) is 28.7 Å². The molecule has 8 nitrogen and oxygen atoms in total. The highest BCUT2D eigenvalue weighted by atomic mass is 32.2. The molecule has 0 spiro atoms. The molecule has 31 heavy (non-hydrogen) atoms. The summed E-state index contributed by atoms with van der Waals surface area (Å²) in [6.07, 6.45) is 1.45. The van der Waals surface area contributed by atoms with Crippen LogP contribution in [0.25, 0.3) is 0 Å². The molecule has 10 heteroatoms. The number of carbonyl (C=O) groups excluding carboxylic acids is 2. The first-order valence-corrected chi connectivity index (χ1v) is 11.7. The normalized spacial score (nSPS) is 11.1. The second-order valence-corrected chi connectivity index (χ2v) is 9.35. The molecule has 0 radical (unpaired) electrons. The van der Waals surface area contributed by atoms with E-state index in [0.717, 1.165) is 10.5 Å². The van der Waals surface area contributed by atoms with Gasteiger partial charge in [-0.15, -0.1) is 11.8 Å². The molecule has 2 amide bonds. The maximum atomic E-state index is 12.5. The lowest BCUT2D eigenvalue weighted by atomic mass is 10.2. The van der Waals surface area contributed by atoms with Crippen LogP contribution in [0.4, 0.5) is 0 Å². The predicted octanol–water partition coefficient (Wildman–Crippen LogP) is 2.62. The molecule has 0 atom stereocenters. The van der Waals surface area contributed by atoms with Gasteiger partial charge in [0, 0.05) is 10.5 Å².